The molecule has 2 aliphatic heterocycles. The summed E-state index contributed by atoms with van der Waals surface area (Å²) in [6.45, 7) is 4.46. The number of amides is 2. The van der Waals surface area contributed by atoms with Gasteiger partial charge in [-0.15, -0.1) is 0 Å². The normalized spacial score (nSPS) is 16.7. The van der Waals surface area contributed by atoms with E-state index in [1.54, 1.807) is 18.3 Å². The van der Waals surface area contributed by atoms with Gasteiger partial charge < -0.3 is 20.4 Å². The van der Waals surface area contributed by atoms with Crippen LogP contribution < -0.4 is 15.5 Å². The Hall–Kier alpha value is -3.95. The minimum absolute atomic E-state index is 0.0973. The number of halogens is 1. The first-order valence-corrected chi connectivity index (χ1v) is 12.9. The predicted molar refractivity (Wildman–Crippen MR) is 151 cm³/mol. The highest BCUT2D eigenvalue weighted by atomic mass is 35.5. The molecule has 196 valence electrons. The zero-order valence-corrected chi connectivity index (χ0v) is 21.7. The standard InChI is InChI=1S/C28H30ClN7O2/c29-22-4-7-24(8-5-22)38-25-3-1-2-21(16-25)18-35-14-10-28(11-15-35)19-36(20-28)27(37)33-23-6-9-26(31-17-23)34-32-13-12-30/h1-9,12-13,16-17,30H,10-11,14-15,18-20H2,(H,31,34)(H,33,37)/b30-12?,32-13-. The third kappa shape index (κ3) is 6.48. The number of hydrazone groups is 1. The number of pyridine rings is 1. The quantitative estimate of drug-likeness (QED) is 0.255. The van der Waals surface area contributed by atoms with E-state index in [0.29, 0.717) is 16.5 Å². The number of hydrogen-bond donors (Lipinski definition) is 3. The van der Waals surface area contributed by atoms with Gasteiger partial charge in [-0.05, 0) is 80.0 Å². The minimum atomic E-state index is -0.0973. The number of carbonyl (C=O) groups is 1. The van der Waals surface area contributed by atoms with Gasteiger partial charge >= 0.3 is 6.03 Å². The number of rotatable bonds is 8. The highest BCUT2D eigenvalue weighted by Gasteiger charge is 2.46. The second-order valence-corrected chi connectivity index (χ2v) is 10.2. The molecule has 38 heavy (non-hydrogen) atoms. The zero-order chi connectivity index (χ0) is 26.4. The van der Waals surface area contributed by atoms with Crippen LogP contribution in [0.4, 0.5) is 16.3 Å². The molecule has 0 atom stereocenters. The summed E-state index contributed by atoms with van der Waals surface area (Å²) in [5.41, 5.74) is 4.78. The van der Waals surface area contributed by atoms with E-state index in [1.165, 1.54) is 11.8 Å². The molecular weight excluding hydrogens is 502 g/mol. The van der Waals surface area contributed by atoms with E-state index in [2.05, 4.69) is 37.9 Å². The molecule has 5 rings (SSSR count). The van der Waals surface area contributed by atoms with Crippen molar-refractivity contribution >= 4 is 41.6 Å². The van der Waals surface area contributed by atoms with Gasteiger partial charge in [-0.1, -0.05) is 23.7 Å². The van der Waals surface area contributed by atoms with E-state index in [4.69, 9.17) is 21.7 Å². The first-order chi connectivity index (χ1) is 18.5. The molecule has 2 amide bonds. The van der Waals surface area contributed by atoms with E-state index in [9.17, 15) is 4.79 Å². The molecule has 3 heterocycles. The molecule has 2 aromatic carbocycles. The Bertz CT molecular complexity index is 1280. The molecule has 1 aromatic heterocycles. The molecule has 2 aliphatic rings. The Morgan fingerprint density at radius 3 is 2.61 bits per heavy atom. The number of nitrogens with zero attached hydrogens (tertiary/aromatic N) is 4. The van der Waals surface area contributed by atoms with Gasteiger partial charge in [0.25, 0.3) is 0 Å². The van der Waals surface area contributed by atoms with Gasteiger partial charge in [-0.2, -0.15) is 5.10 Å². The highest BCUT2D eigenvalue weighted by Crippen LogP contribution is 2.41. The molecule has 0 unspecified atom stereocenters. The van der Waals surface area contributed by atoms with E-state index in [-0.39, 0.29) is 11.4 Å². The lowest BCUT2D eigenvalue weighted by atomic mass is 9.72. The van der Waals surface area contributed by atoms with E-state index in [1.807, 2.05) is 41.3 Å². The Kier molecular flexibility index (Phi) is 7.86. The van der Waals surface area contributed by atoms with Gasteiger partial charge in [-0.25, -0.2) is 9.78 Å². The summed E-state index contributed by atoms with van der Waals surface area (Å²) in [6, 6.07) is 19.0. The molecular formula is C28H30ClN7O2. The molecule has 10 heteroatoms. The number of piperidine rings is 1. The Morgan fingerprint density at radius 2 is 1.89 bits per heavy atom. The van der Waals surface area contributed by atoms with Gasteiger partial charge in [0, 0.05) is 36.3 Å². The minimum Gasteiger partial charge on any atom is -0.457 e. The van der Waals surface area contributed by atoms with Crippen LogP contribution in [-0.4, -0.2) is 59.4 Å². The smallest absolute Gasteiger partial charge is 0.321 e. The van der Waals surface area contributed by atoms with Crippen molar-refractivity contribution in [2.75, 3.05) is 36.9 Å². The van der Waals surface area contributed by atoms with Gasteiger partial charge in [0.2, 0.25) is 0 Å². The molecule has 0 saturated carbocycles. The number of ether oxygens (including phenoxy) is 1. The predicted octanol–water partition coefficient (Wildman–Crippen LogP) is 5.70. The number of urea groups is 1. The largest absolute Gasteiger partial charge is 0.457 e. The molecule has 0 bridgehead atoms. The summed E-state index contributed by atoms with van der Waals surface area (Å²) in [4.78, 5) is 21.3. The lowest BCUT2D eigenvalue weighted by molar-refractivity contribution is -0.0200. The van der Waals surface area contributed by atoms with Crippen molar-refractivity contribution in [3.63, 3.8) is 0 Å². The monoisotopic (exact) mass is 531 g/mol. The van der Waals surface area contributed by atoms with Crippen molar-refractivity contribution in [3.05, 3.63) is 77.4 Å². The van der Waals surface area contributed by atoms with Crippen molar-refractivity contribution in [3.8, 4) is 11.5 Å². The number of aromatic nitrogens is 1. The van der Waals surface area contributed by atoms with Crippen LogP contribution in [0.2, 0.25) is 5.02 Å². The highest BCUT2D eigenvalue weighted by molar-refractivity contribution is 6.30. The number of likely N-dealkylation sites (tertiary alicyclic amines) is 2. The van der Waals surface area contributed by atoms with Crippen LogP contribution in [0.25, 0.3) is 0 Å². The van der Waals surface area contributed by atoms with E-state index < -0.39 is 0 Å². The van der Waals surface area contributed by atoms with E-state index in [0.717, 1.165) is 63.3 Å². The number of carbonyl (C=O) groups excluding carboxylic acids is 1. The number of benzene rings is 2. The van der Waals surface area contributed by atoms with Gasteiger partial charge in [0.15, 0.2) is 0 Å². The maximum atomic E-state index is 12.7. The van der Waals surface area contributed by atoms with Crippen LogP contribution in [0.15, 0.2) is 72.0 Å². The SMILES string of the molecule is N=C/C=N\Nc1ccc(NC(=O)N2CC3(CCN(Cc4cccc(Oc5ccc(Cl)cc5)c4)CC3)C2)cn1. The fraction of sp³-hybridized carbons (Fsp3) is 0.286. The summed E-state index contributed by atoms with van der Waals surface area (Å²) < 4.78 is 5.98. The fourth-order valence-corrected chi connectivity index (χ4v) is 5.02. The van der Waals surface area contributed by atoms with Crippen molar-refractivity contribution in [1.82, 2.24) is 14.8 Å². The second kappa shape index (κ2) is 11.6. The van der Waals surface area contributed by atoms with Crippen molar-refractivity contribution in [2.45, 2.75) is 19.4 Å². The summed E-state index contributed by atoms with van der Waals surface area (Å²) in [5.74, 6) is 2.12. The molecule has 3 aromatic rings. The molecule has 0 radical (unpaired) electrons. The third-order valence-corrected chi connectivity index (χ3v) is 7.21. The van der Waals surface area contributed by atoms with Gasteiger partial charge in [0.1, 0.15) is 17.3 Å². The van der Waals surface area contributed by atoms with Crippen LogP contribution in [0.1, 0.15) is 18.4 Å². The second-order valence-electron chi connectivity index (χ2n) is 9.75. The number of nitrogens with one attached hydrogen (secondary N) is 3. The lowest BCUT2D eigenvalue weighted by Gasteiger charge is -2.53. The number of anilines is 2. The Balaban J connectivity index is 1.06. The van der Waals surface area contributed by atoms with E-state index >= 15 is 0 Å². The molecule has 3 N–H and O–H groups in total. The number of hydrogen-bond acceptors (Lipinski definition) is 7. The summed E-state index contributed by atoms with van der Waals surface area (Å²) in [7, 11) is 0. The summed E-state index contributed by atoms with van der Waals surface area (Å²) in [6.07, 6.45) is 6.14. The van der Waals surface area contributed by atoms with Crippen LogP contribution >= 0.6 is 11.6 Å². The third-order valence-electron chi connectivity index (χ3n) is 6.95. The Morgan fingerprint density at radius 1 is 1.11 bits per heavy atom. The van der Waals surface area contributed by atoms with Gasteiger partial charge in [0.05, 0.1) is 18.1 Å². The maximum Gasteiger partial charge on any atom is 0.321 e. The first-order valence-electron chi connectivity index (χ1n) is 12.6. The lowest BCUT2D eigenvalue weighted by Crippen LogP contribution is -2.62. The Labute approximate surface area is 227 Å². The summed E-state index contributed by atoms with van der Waals surface area (Å²) in [5, 5.41) is 14.3. The van der Waals surface area contributed by atoms with Crippen molar-refractivity contribution < 1.29 is 9.53 Å². The average Bonchev–Trinajstić information content (AvgIpc) is 2.91. The van der Waals surface area contributed by atoms with Crippen LogP contribution in [0, 0.1) is 10.8 Å². The van der Waals surface area contributed by atoms with Crippen LogP contribution in [0.5, 0.6) is 11.5 Å². The summed E-state index contributed by atoms with van der Waals surface area (Å²) >= 11 is 5.96. The molecule has 2 saturated heterocycles. The first kappa shape index (κ1) is 25.7. The van der Waals surface area contributed by atoms with Crippen LogP contribution in [-0.2, 0) is 6.54 Å². The van der Waals surface area contributed by atoms with Gasteiger partial charge in [-0.3, -0.25) is 10.3 Å². The molecule has 1 spiro atoms. The van der Waals surface area contributed by atoms with Crippen molar-refractivity contribution in [2.24, 2.45) is 10.5 Å². The average molecular weight is 532 g/mol. The van der Waals surface area contributed by atoms with Crippen molar-refractivity contribution in [1.29, 1.82) is 5.41 Å². The zero-order valence-electron chi connectivity index (χ0n) is 20.9. The molecule has 9 nitrogen and oxygen atoms in total. The fourth-order valence-electron chi connectivity index (χ4n) is 4.89. The van der Waals surface area contributed by atoms with Crippen LogP contribution in [0.3, 0.4) is 0 Å². The molecule has 0 aliphatic carbocycles. The molecule has 2 fully saturated rings. The topological polar surface area (TPSA) is 106 Å². The maximum absolute atomic E-state index is 12.7.